The summed E-state index contributed by atoms with van der Waals surface area (Å²) in [5.41, 5.74) is 1.14. The van der Waals surface area contributed by atoms with E-state index in [4.69, 9.17) is 8.74 Å². The summed E-state index contributed by atoms with van der Waals surface area (Å²) < 4.78 is 23.9. The Morgan fingerprint density at radius 2 is 2.06 bits per heavy atom. The average molecular weight is 257 g/mol. The molecule has 1 aliphatic heterocycles. The van der Waals surface area contributed by atoms with Crippen LogP contribution >= 0.6 is 0 Å². The van der Waals surface area contributed by atoms with Crippen molar-refractivity contribution in [1.82, 2.24) is 4.90 Å². The average Bonchev–Trinajstić information content (AvgIpc) is 2.59. The van der Waals surface area contributed by atoms with Crippen LogP contribution in [0.1, 0.15) is 5.56 Å². The molecule has 17 heavy (non-hydrogen) atoms. The summed E-state index contributed by atoms with van der Waals surface area (Å²) in [6, 6.07) is 9.87. The molecule has 0 bridgehead atoms. The third kappa shape index (κ3) is 3.58. The lowest BCUT2D eigenvalue weighted by molar-refractivity contribution is 0.0764. The zero-order valence-corrected chi connectivity index (χ0v) is 10.0. The van der Waals surface area contributed by atoms with Gasteiger partial charge in [-0.3, -0.25) is 13.6 Å². The van der Waals surface area contributed by atoms with Crippen LogP contribution in [-0.2, 0) is 22.1 Å². The Bertz CT molecular complexity index is 386. The molecule has 3 atom stereocenters. The Labute approximate surface area is 103 Å². The van der Waals surface area contributed by atoms with Gasteiger partial charge in [0, 0.05) is 19.6 Å². The molecule has 0 saturated carbocycles. The molecule has 0 aliphatic carbocycles. The minimum absolute atomic E-state index is 0.455. The second-order valence-electron chi connectivity index (χ2n) is 4.10. The second kappa shape index (κ2) is 5.70. The summed E-state index contributed by atoms with van der Waals surface area (Å²) in [6.07, 6.45) is -1.31. The van der Waals surface area contributed by atoms with Crippen molar-refractivity contribution in [2.75, 3.05) is 13.1 Å². The number of hydrogen-bond acceptors (Lipinski definition) is 4. The van der Waals surface area contributed by atoms with Crippen LogP contribution in [0.25, 0.3) is 0 Å². The number of likely N-dealkylation sites (tertiary alicyclic amines) is 1. The highest BCUT2D eigenvalue weighted by atomic mass is 32.2. The van der Waals surface area contributed by atoms with Gasteiger partial charge in [-0.1, -0.05) is 30.3 Å². The molecule has 0 spiro atoms. The maximum Gasteiger partial charge on any atom is 0.302 e. The van der Waals surface area contributed by atoms with Crippen molar-refractivity contribution in [3.8, 4) is 0 Å². The summed E-state index contributed by atoms with van der Waals surface area (Å²) in [5, 5.41) is 9.67. The standard InChI is InChI=1S/C11H15NO4S/c13-10-7-12(8-11(10)16-17(14)15)6-9-4-2-1-3-5-9/h1-5,10-11,13H,6-8H2,(H,14,15). The minimum Gasteiger partial charge on any atom is -0.389 e. The van der Waals surface area contributed by atoms with E-state index in [-0.39, 0.29) is 0 Å². The van der Waals surface area contributed by atoms with Gasteiger partial charge in [0.1, 0.15) is 6.10 Å². The van der Waals surface area contributed by atoms with Gasteiger partial charge in [-0.05, 0) is 5.56 Å². The van der Waals surface area contributed by atoms with Crippen LogP contribution in [0.2, 0.25) is 0 Å². The third-order valence-electron chi connectivity index (χ3n) is 2.77. The molecule has 1 heterocycles. The minimum atomic E-state index is -2.32. The molecule has 1 saturated heterocycles. The molecule has 0 amide bonds. The Kier molecular flexibility index (Phi) is 4.25. The topological polar surface area (TPSA) is 70.0 Å². The van der Waals surface area contributed by atoms with Crippen LogP contribution in [0.4, 0.5) is 0 Å². The van der Waals surface area contributed by atoms with Crippen LogP contribution in [0, 0.1) is 0 Å². The highest BCUT2D eigenvalue weighted by Gasteiger charge is 2.33. The number of β-amino-alcohol motifs (C(OH)–C–C–N with tert-alkyl or cyclic N) is 1. The predicted octanol–water partition coefficient (Wildman–Crippen LogP) is 0.385. The van der Waals surface area contributed by atoms with Gasteiger partial charge in [0.25, 0.3) is 0 Å². The molecule has 0 radical (unpaired) electrons. The Hall–Kier alpha value is -0.790. The lowest BCUT2D eigenvalue weighted by Crippen LogP contribution is -2.27. The van der Waals surface area contributed by atoms with Crippen LogP contribution < -0.4 is 0 Å². The van der Waals surface area contributed by atoms with Crippen molar-refractivity contribution in [3.63, 3.8) is 0 Å². The van der Waals surface area contributed by atoms with Gasteiger partial charge >= 0.3 is 11.4 Å². The van der Waals surface area contributed by atoms with E-state index in [2.05, 4.69) is 0 Å². The maximum absolute atomic E-state index is 10.5. The highest BCUT2D eigenvalue weighted by molar-refractivity contribution is 7.74. The summed E-state index contributed by atoms with van der Waals surface area (Å²) in [6.45, 7) is 1.62. The van der Waals surface area contributed by atoms with Gasteiger partial charge in [-0.15, -0.1) is 0 Å². The summed E-state index contributed by atoms with van der Waals surface area (Å²) in [7, 11) is 0. The van der Waals surface area contributed by atoms with Crippen molar-refractivity contribution in [3.05, 3.63) is 35.9 Å². The number of aliphatic hydroxyl groups is 1. The first-order valence-electron chi connectivity index (χ1n) is 5.37. The molecular formula is C11H15NO4S. The number of nitrogens with zero attached hydrogens (tertiary/aromatic N) is 1. The van der Waals surface area contributed by atoms with Gasteiger partial charge in [0.2, 0.25) is 0 Å². The molecule has 5 nitrogen and oxygen atoms in total. The molecule has 1 aliphatic rings. The van der Waals surface area contributed by atoms with E-state index >= 15 is 0 Å². The molecule has 6 heteroatoms. The highest BCUT2D eigenvalue weighted by Crippen LogP contribution is 2.17. The molecule has 1 aromatic rings. The molecule has 0 aromatic heterocycles. The largest absolute Gasteiger partial charge is 0.389 e. The Morgan fingerprint density at radius 1 is 1.35 bits per heavy atom. The Morgan fingerprint density at radius 3 is 2.71 bits per heavy atom. The zero-order valence-electron chi connectivity index (χ0n) is 9.23. The second-order valence-corrected chi connectivity index (χ2v) is 4.73. The van der Waals surface area contributed by atoms with E-state index in [0.29, 0.717) is 19.6 Å². The zero-order chi connectivity index (χ0) is 12.3. The first kappa shape index (κ1) is 12.7. The third-order valence-corrected chi connectivity index (χ3v) is 3.18. The molecule has 1 fully saturated rings. The van der Waals surface area contributed by atoms with Gasteiger partial charge in [-0.25, -0.2) is 0 Å². The number of hydrogen-bond donors (Lipinski definition) is 2. The quantitative estimate of drug-likeness (QED) is 0.763. The molecule has 1 aromatic carbocycles. The SMILES string of the molecule is O=S(O)OC1CN(Cc2ccccc2)CC1O. The van der Waals surface area contributed by atoms with Crippen molar-refractivity contribution in [2.45, 2.75) is 18.8 Å². The predicted molar refractivity (Wildman–Crippen MR) is 63.4 cm³/mol. The van der Waals surface area contributed by atoms with E-state index < -0.39 is 23.6 Å². The fourth-order valence-corrected chi connectivity index (χ4v) is 2.40. The van der Waals surface area contributed by atoms with Gasteiger partial charge < -0.3 is 5.11 Å². The van der Waals surface area contributed by atoms with Crippen molar-refractivity contribution >= 4 is 11.4 Å². The monoisotopic (exact) mass is 257 g/mol. The molecule has 2 N–H and O–H groups in total. The summed E-state index contributed by atoms with van der Waals surface area (Å²) in [4.78, 5) is 2.00. The number of rotatable bonds is 4. The first-order valence-corrected chi connectivity index (χ1v) is 6.40. The molecule has 94 valence electrons. The lowest BCUT2D eigenvalue weighted by atomic mass is 10.2. The number of aliphatic hydroxyl groups excluding tert-OH is 1. The smallest absolute Gasteiger partial charge is 0.302 e. The molecule has 2 rings (SSSR count). The fraction of sp³-hybridized carbons (Fsp3) is 0.455. The lowest BCUT2D eigenvalue weighted by Gasteiger charge is -2.14. The summed E-state index contributed by atoms with van der Waals surface area (Å²) >= 11 is -2.32. The van der Waals surface area contributed by atoms with Gasteiger partial charge in [-0.2, -0.15) is 4.21 Å². The maximum atomic E-state index is 10.5. The van der Waals surface area contributed by atoms with E-state index in [1.54, 1.807) is 0 Å². The summed E-state index contributed by atoms with van der Waals surface area (Å²) in [5.74, 6) is 0. The Balaban J connectivity index is 1.91. The van der Waals surface area contributed by atoms with Crippen molar-refractivity contribution in [1.29, 1.82) is 0 Å². The van der Waals surface area contributed by atoms with Crippen LogP contribution in [-0.4, -0.2) is 44.1 Å². The fourth-order valence-electron chi connectivity index (χ4n) is 2.00. The van der Waals surface area contributed by atoms with E-state index in [1.807, 2.05) is 35.2 Å². The molecular weight excluding hydrogens is 242 g/mol. The van der Waals surface area contributed by atoms with Crippen molar-refractivity contribution < 1.29 is 18.1 Å². The van der Waals surface area contributed by atoms with E-state index in [1.165, 1.54) is 0 Å². The van der Waals surface area contributed by atoms with Crippen LogP contribution in [0.15, 0.2) is 30.3 Å². The normalized spacial score (nSPS) is 27.2. The van der Waals surface area contributed by atoms with E-state index in [0.717, 1.165) is 5.56 Å². The van der Waals surface area contributed by atoms with Crippen LogP contribution in [0.3, 0.4) is 0 Å². The van der Waals surface area contributed by atoms with Crippen molar-refractivity contribution in [2.24, 2.45) is 0 Å². The van der Waals surface area contributed by atoms with Gasteiger partial charge in [0.15, 0.2) is 0 Å². The van der Waals surface area contributed by atoms with E-state index in [9.17, 15) is 9.32 Å². The van der Waals surface area contributed by atoms with Crippen LogP contribution in [0.5, 0.6) is 0 Å². The number of benzene rings is 1. The van der Waals surface area contributed by atoms with Gasteiger partial charge in [0.05, 0.1) is 6.10 Å². The first-order chi connectivity index (χ1) is 8.15. The molecule has 3 unspecified atom stereocenters.